The number of nitriles is 1. The first-order valence-corrected chi connectivity index (χ1v) is 14.8. The molecule has 5 aromatic rings. The van der Waals surface area contributed by atoms with Gasteiger partial charge in [0.2, 0.25) is 0 Å². The molecule has 1 aliphatic heterocycles. The van der Waals surface area contributed by atoms with Crippen molar-refractivity contribution in [1.29, 1.82) is 5.26 Å². The van der Waals surface area contributed by atoms with Gasteiger partial charge in [-0.1, -0.05) is 54.6 Å². The molecule has 46 heavy (non-hydrogen) atoms. The van der Waals surface area contributed by atoms with Crippen LogP contribution < -0.4 is 5.73 Å². The molecule has 0 bridgehead atoms. The third-order valence-electron chi connectivity index (χ3n) is 7.30. The molecule has 12 nitrogen and oxygen atoms in total. The zero-order valence-corrected chi connectivity index (χ0v) is 25.4. The maximum atomic E-state index is 13.5. The van der Waals surface area contributed by atoms with E-state index >= 15 is 0 Å². The van der Waals surface area contributed by atoms with Crippen molar-refractivity contribution in [2.24, 2.45) is 0 Å². The van der Waals surface area contributed by atoms with Gasteiger partial charge in [0.1, 0.15) is 41.2 Å². The molecule has 4 unspecified atom stereocenters. The summed E-state index contributed by atoms with van der Waals surface area (Å²) in [6, 6.07) is 26.9. The van der Waals surface area contributed by atoms with Crippen molar-refractivity contribution >= 4 is 50.7 Å². The van der Waals surface area contributed by atoms with Crippen LogP contribution in [0.15, 0.2) is 102 Å². The highest BCUT2D eigenvalue weighted by molar-refractivity contribution is 9.10. The third kappa shape index (κ3) is 5.91. The molecule has 2 aromatic heterocycles. The van der Waals surface area contributed by atoms with Crippen molar-refractivity contribution in [2.75, 3.05) is 12.3 Å². The second-order valence-electron chi connectivity index (χ2n) is 10.1. The highest BCUT2D eigenvalue weighted by atomic mass is 79.9. The number of anilines is 1. The second kappa shape index (κ2) is 13.2. The number of carbonyl (C=O) groups is 3. The van der Waals surface area contributed by atoms with Gasteiger partial charge in [0.15, 0.2) is 18.4 Å². The summed E-state index contributed by atoms with van der Waals surface area (Å²) in [5.41, 5.74) is 7.20. The number of rotatable bonds is 8. The molecule has 1 aliphatic rings. The highest BCUT2D eigenvalue weighted by Crippen LogP contribution is 2.42. The Kier molecular flexibility index (Phi) is 8.73. The fraction of sp³-hybridized carbons (Fsp3) is 0.152. The number of nitrogens with two attached hydrogens (primary N) is 1. The van der Waals surface area contributed by atoms with E-state index in [1.165, 1.54) is 10.9 Å². The van der Waals surface area contributed by atoms with E-state index < -0.39 is 42.4 Å². The Morgan fingerprint density at radius 3 is 1.89 bits per heavy atom. The fourth-order valence-electron chi connectivity index (χ4n) is 5.13. The molecule has 13 heteroatoms. The second-order valence-corrected chi connectivity index (χ2v) is 10.9. The topological polar surface area (TPSA) is 169 Å². The van der Waals surface area contributed by atoms with Crippen LogP contribution in [0.4, 0.5) is 5.82 Å². The largest absolute Gasteiger partial charge is 0.459 e. The minimum Gasteiger partial charge on any atom is -0.459 e. The number of fused-ring (bicyclic) bond motifs is 1. The van der Waals surface area contributed by atoms with E-state index in [-0.39, 0.29) is 44.8 Å². The van der Waals surface area contributed by atoms with Gasteiger partial charge in [-0.15, -0.1) is 0 Å². The van der Waals surface area contributed by atoms with Crippen LogP contribution in [-0.4, -0.2) is 57.4 Å². The number of aromatic nitrogens is 3. The van der Waals surface area contributed by atoms with Gasteiger partial charge in [-0.25, -0.2) is 24.4 Å². The average molecular weight is 682 g/mol. The lowest BCUT2D eigenvalue weighted by Crippen LogP contribution is -2.41. The Morgan fingerprint density at radius 2 is 1.35 bits per heavy atom. The number of esters is 3. The highest BCUT2D eigenvalue weighted by Gasteiger charge is 2.52. The van der Waals surface area contributed by atoms with E-state index in [4.69, 9.17) is 24.7 Å². The Hall–Kier alpha value is -5.58. The molecule has 0 aliphatic carbocycles. The molecule has 1 fully saturated rings. The van der Waals surface area contributed by atoms with Gasteiger partial charge >= 0.3 is 17.9 Å². The van der Waals surface area contributed by atoms with Crippen LogP contribution in [0.5, 0.6) is 0 Å². The smallest absolute Gasteiger partial charge is 0.338 e. The molecule has 4 atom stereocenters. The van der Waals surface area contributed by atoms with Crippen molar-refractivity contribution in [3.05, 3.63) is 124 Å². The predicted molar refractivity (Wildman–Crippen MR) is 166 cm³/mol. The van der Waals surface area contributed by atoms with Crippen LogP contribution in [0.25, 0.3) is 11.0 Å². The minimum absolute atomic E-state index is 0.0391. The Balaban J connectivity index is 1.44. The van der Waals surface area contributed by atoms with Gasteiger partial charge < -0.3 is 24.7 Å². The monoisotopic (exact) mass is 681 g/mol. The van der Waals surface area contributed by atoms with Gasteiger partial charge in [-0.05, 0) is 52.3 Å². The molecular formula is C33H24BrN5O7. The first kappa shape index (κ1) is 30.4. The van der Waals surface area contributed by atoms with Crippen LogP contribution in [0.2, 0.25) is 0 Å². The number of benzene rings is 3. The summed E-state index contributed by atoms with van der Waals surface area (Å²) in [4.78, 5) is 48.1. The Morgan fingerprint density at radius 1 is 0.826 bits per heavy atom. The summed E-state index contributed by atoms with van der Waals surface area (Å²) in [6.07, 6.45) is -3.77. The van der Waals surface area contributed by atoms with E-state index in [1.807, 2.05) is 0 Å². The lowest BCUT2D eigenvalue weighted by Gasteiger charge is -2.25. The van der Waals surface area contributed by atoms with Crippen molar-refractivity contribution in [2.45, 2.75) is 24.5 Å². The molecule has 3 heterocycles. The van der Waals surface area contributed by atoms with E-state index in [9.17, 15) is 19.6 Å². The zero-order valence-electron chi connectivity index (χ0n) is 23.9. The number of halogens is 1. The molecule has 3 aromatic carbocycles. The molecular weight excluding hydrogens is 658 g/mol. The van der Waals surface area contributed by atoms with Crippen LogP contribution in [0, 0.1) is 11.3 Å². The maximum absolute atomic E-state index is 13.5. The normalized spacial score (nSPS) is 18.9. The first-order valence-electron chi connectivity index (χ1n) is 14.0. The molecule has 0 spiro atoms. The van der Waals surface area contributed by atoms with Crippen molar-refractivity contribution in [3.63, 3.8) is 0 Å². The molecule has 6 rings (SSSR count). The number of ether oxygens (including phenoxy) is 4. The predicted octanol–water partition coefficient (Wildman–Crippen LogP) is 4.85. The summed E-state index contributed by atoms with van der Waals surface area (Å²) in [6.45, 7) is -0.380. The van der Waals surface area contributed by atoms with Gasteiger partial charge in [-0.3, -0.25) is 4.57 Å². The number of nitrogen functional groups attached to an aromatic ring is 1. The summed E-state index contributed by atoms with van der Waals surface area (Å²) < 4.78 is 25.7. The molecule has 0 radical (unpaired) electrons. The summed E-state index contributed by atoms with van der Waals surface area (Å²) in [7, 11) is 0. The van der Waals surface area contributed by atoms with Crippen molar-refractivity contribution in [3.8, 4) is 6.07 Å². The molecule has 230 valence electrons. The van der Waals surface area contributed by atoms with Crippen molar-refractivity contribution < 1.29 is 33.3 Å². The molecule has 1 saturated heterocycles. The fourth-order valence-corrected chi connectivity index (χ4v) is 5.78. The van der Waals surface area contributed by atoms with E-state index in [0.29, 0.717) is 5.56 Å². The number of hydrogen-bond donors (Lipinski definition) is 1. The summed E-state index contributed by atoms with van der Waals surface area (Å²) >= 11 is 3.46. The van der Waals surface area contributed by atoms with E-state index in [0.717, 1.165) is 0 Å². The lowest BCUT2D eigenvalue weighted by molar-refractivity contribution is -0.0612. The quantitative estimate of drug-likeness (QED) is 0.175. The van der Waals surface area contributed by atoms with Gasteiger partial charge in [0.05, 0.1) is 27.6 Å². The molecule has 0 saturated carbocycles. The average Bonchev–Trinajstić information content (AvgIpc) is 3.57. The van der Waals surface area contributed by atoms with Gasteiger partial charge in [0, 0.05) is 0 Å². The van der Waals surface area contributed by atoms with Crippen LogP contribution >= 0.6 is 15.9 Å². The third-order valence-corrected chi connectivity index (χ3v) is 8.08. The minimum atomic E-state index is -1.32. The SMILES string of the molecule is N#Cc1c(Br)n(C2OC(COC(=O)c3ccccc3)C(OC(=O)c3ccccc3)C2OC(=O)c2ccccc2)c2ncnc(N)c12. The van der Waals surface area contributed by atoms with E-state index in [2.05, 4.69) is 32.0 Å². The number of nitrogens with zero attached hydrogens (tertiary/aromatic N) is 4. The van der Waals surface area contributed by atoms with Crippen LogP contribution in [0.1, 0.15) is 42.9 Å². The number of hydrogen-bond acceptors (Lipinski definition) is 11. The van der Waals surface area contributed by atoms with Crippen LogP contribution in [-0.2, 0) is 18.9 Å². The van der Waals surface area contributed by atoms with Gasteiger partial charge in [-0.2, -0.15) is 5.26 Å². The molecule has 0 amide bonds. The van der Waals surface area contributed by atoms with E-state index in [1.54, 1.807) is 91.0 Å². The first-order chi connectivity index (χ1) is 22.4. The van der Waals surface area contributed by atoms with Crippen molar-refractivity contribution in [1.82, 2.24) is 14.5 Å². The summed E-state index contributed by atoms with van der Waals surface area (Å²) in [5, 5.41) is 10.2. The lowest BCUT2D eigenvalue weighted by atomic mass is 10.1. The number of carbonyl (C=O) groups excluding carboxylic acids is 3. The Bertz CT molecular complexity index is 1950. The Labute approximate surface area is 270 Å². The summed E-state index contributed by atoms with van der Waals surface area (Å²) in [5.74, 6) is -2.06. The standard InChI is InChI=1S/C33H24BrN5O7/c34-27-22(16-35)24-28(36)37-18-38-29(24)39(27)30-26(46-33(42)21-14-8-3-9-15-21)25(45-32(41)20-12-6-2-7-13-20)23(44-30)17-43-31(40)19-10-4-1-5-11-19/h1-15,18,23,25-26,30H,17H2,(H2,36,37,38). The molecule has 2 N–H and O–H groups in total. The van der Waals surface area contributed by atoms with Crippen LogP contribution in [0.3, 0.4) is 0 Å². The maximum Gasteiger partial charge on any atom is 0.338 e. The van der Waals surface area contributed by atoms with Gasteiger partial charge in [0.25, 0.3) is 0 Å². The zero-order chi connectivity index (χ0) is 32.2.